The Morgan fingerprint density at radius 1 is 1.03 bits per heavy atom. The summed E-state index contributed by atoms with van der Waals surface area (Å²) in [6, 6.07) is 14.7. The van der Waals surface area contributed by atoms with Crippen molar-refractivity contribution in [2.45, 2.75) is 10.9 Å². The highest BCUT2D eigenvalue weighted by Gasteiger charge is 2.21. The van der Waals surface area contributed by atoms with Crippen LogP contribution in [0.15, 0.2) is 75.3 Å². The number of furan rings is 1. The largest absolute Gasteiger partial charge is 0.451 e. The lowest BCUT2D eigenvalue weighted by atomic mass is 10.1. The monoisotopic (exact) mass is 445 g/mol. The van der Waals surface area contributed by atoms with E-state index < -0.39 is 0 Å². The molecule has 0 atom stereocenters. The summed E-state index contributed by atoms with van der Waals surface area (Å²) in [5, 5.41) is 4.41. The third-order valence-electron chi connectivity index (χ3n) is 5.32. The number of aromatic nitrogens is 4. The number of para-hydroxylation sites is 1. The number of hydrogen-bond acceptors (Lipinski definition) is 6. The molecule has 0 unspecified atom stereocenters. The summed E-state index contributed by atoms with van der Waals surface area (Å²) < 4.78 is 9.05. The van der Waals surface area contributed by atoms with Crippen LogP contribution in [0.5, 0.6) is 0 Å². The predicted octanol–water partition coefficient (Wildman–Crippen LogP) is 3.96. The van der Waals surface area contributed by atoms with Crippen LogP contribution in [0.25, 0.3) is 22.0 Å². The maximum atomic E-state index is 13.2. The number of carbonyl (C=O) groups is 1. The molecule has 1 amide bonds. The maximum absolute atomic E-state index is 13.2. The molecule has 3 heterocycles. The van der Waals surface area contributed by atoms with Gasteiger partial charge in [0.1, 0.15) is 5.58 Å². The fourth-order valence-electron chi connectivity index (χ4n) is 3.69. The van der Waals surface area contributed by atoms with Gasteiger partial charge >= 0.3 is 5.69 Å². The Morgan fingerprint density at radius 3 is 2.59 bits per heavy atom. The number of rotatable bonds is 5. The summed E-state index contributed by atoms with van der Waals surface area (Å²) >= 11 is 1.44. The van der Waals surface area contributed by atoms with Crippen molar-refractivity contribution in [3.8, 4) is 0 Å². The molecular formula is C23H19N5O3S. The van der Waals surface area contributed by atoms with Crippen molar-refractivity contribution in [2.75, 3.05) is 5.32 Å². The molecule has 5 aromatic rings. The van der Waals surface area contributed by atoms with E-state index in [4.69, 9.17) is 4.42 Å². The molecule has 2 aromatic carbocycles. The summed E-state index contributed by atoms with van der Waals surface area (Å²) in [6.45, 7) is 0. The van der Waals surface area contributed by atoms with Gasteiger partial charge in [0.15, 0.2) is 10.9 Å². The quantitative estimate of drug-likeness (QED) is 0.325. The minimum atomic E-state index is -0.355. The summed E-state index contributed by atoms with van der Waals surface area (Å²) in [5.74, 6) is 0.374. The van der Waals surface area contributed by atoms with Crippen molar-refractivity contribution in [2.24, 2.45) is 14.1 Å². The molecule has 0 aliphatic rings. The molecule has 0 fully saturated rings. The van der Waals surface area contributed by atoms with E-state index in [1.165, 1.54) is 11.8 Å². The number of thioether (sulfide) groups is 1. The number of aryl methyl sites for hydroxylation is 2. The van der Waals surface area contributed by atoms with Crippen molar-refractivity contribution in [3.05, 3.63) is 82.7 Å². The van der Waals surface area contributed by atoms with Gasteiger partial charge in [0, 0.05) is 48.9 Å². The van der Waals surface area contributed by atoms with E-state index in [-0.39, 0.29) is 17.4 Å². The molecule has 0 radical (unpaired) electrons. The molecule has 8 nitrogen and oxygen atoms in total. The molecule has 5 rings (SSSR count). The van der Waals surface area contributed by atoms with Gasteiger partial charge < -0.3 is 9.73 Å². The lowest BCUT2D eigenvalue weighted by Crippen LogP contribution is -2.19. The third kappa shape index (κ3) is 3.46. The number of carbonyl (C=O) groups excluding carboxylic acids is 1. The van der Waals surface area contributed by atoms with Crippen LogP contribution < -0.4 is 11.0 Å². The Hall–Kier alpha value is -3.85. The van der Waals surface area contributed by atoms with Crippen LogP contribution in [-0.2, 0) is 19.8 Å². The van der Waals surface area contributed by atoms with Gasteiger partial charge in [-0.25, -0.2) is 14.8 Å². The Labute approximate surface area is 186 Å². The van der Waals surface area contributed by atoms with Crippen LogP contribution in [0.4, 0.5) is 5.69 Å². The summed E-state index contributed by atoms with van der Waals surface area (Å²) in [4.78, 5) is 33.9. The molecule has 0 aliphatic heterocycles. The zero-order chi connectivity index (χ0) is 22.2. The second-order valence-electron chi connectivity index (χ2n) is 7.28. The molecule has 0 spiro atoms. The molecule has 0 saturated heterocycles. The van der Waals surface area contributed by atoms with Crippen LogP contribution in [0.2, 0.25) is 0 Å². The standard InChI is InChI=1S/C23H19N5O3S/c1-27-17-9-8-14(12-18(17)28(2)23(27)30)26-21(29)20-16(13-32-22-24-10-5-11-25-22)15-6-3-4-7-19(15)31-20/h3-12H,13H2,1-2H3,(H,26,29). The number of amides is 1. The Bertz CT molecular complexity index is 1520. The van der Waals surface area contributed by atoms with Crippen LogP contribution in [0.1, 0.15) is 16.1 Å². The lowest BCUT2D eigenvalue weighted by molar-refractivity contribution is 0.0998. The van der Waals surface area contributed by atoms with E-state index in [1.54, 1.807) is 53.8 Å². The Kier molecular flexibility index (Phi) is 5.02. The second-order valence-corrected chi connectivity index (χ2v) is 8.23. The normalized spacial score (nSPS) is 11.3. The minimum Gasteiger partial charge on any atom is -0.451 e. The number of nitrogens with one attached hydrogen (secondary N) is 1. The Balaban J connectivity index is 1.48. The van der Waals surface area contributed by atoms with Gasteiger partial charge in [-0.15, -0.1) is 0 Å². The van der Waals surface area contributed by atoms with Crippen molar-refractivity contribution in [3.63, 3.8) is 0 Å². The van der Waals surface area contributed by atoms with Gasteiger partial charge in [-0.1, -0.05) is 30.0 Å². The Morgan fingerprint density at radius 2 is 1.78 bits per heavy atom. The third-order valence-corrected chi connectivity index (χ3v) is 6.22. The van der Waals surface area contributed by atoms with Gasteiger partial charge in [-0.2, -0.15) is 0 Å². The molecule has 32 heavy (non-hydrogen) atoms. The number of nitrogens with zero attached hydrogens (tertiary/aromatic N) is 4. The molecule has 0 bridgehead atoms. The number of benzene rings is 2. The van der Waals surface area contributed by atoms with E-state index in [2.05, 4.69) is 15.3 Å². The SMILES string of the molecule is Cn1c(=O)n(C)c2cc(NC(=O)c3oc4ccccc4c3CSc3ncccn3)ccc21. The highest BCUT2D eigenvalue weighted by molar-refractivity contribution is 7.98. The zero-order valence-electron chi connectivity index (χ0n) is 17.4. The van der Waals surface area contributed by atoms with Gasteiger partial charge in [-0.05, 0) is 30.3 Å². The first kappa shape index (κ1) is 20.1. The highest BCUT2D eigenvalue weighted by Crippen LogP contribution is 2.31. The van der Waals surface area contributed by atoms with Crippen molar-refractivity contribution in [1.82, 2.24) is 19.1 Å². The fourth-order valence-corrected chi connectivity index (χ4v) is 4.53. The summed E-state index contributed by atoms with van der Waals surface area (Å²) in [7, 11) is 3.42. The fraction of sp³-hybridized carbons (Fsp3) is 0.130. The molecule has 1 N–H and O–H groups in total. The smallest absolute Gasteiger partial charge is 0.328 e. The summed E-state index contributed by atoms with van der Waals surface area (Å²) in [6.07, 6.45) is 3.37. The molecule has 9 heteroatoms. The predicted molar refractivity (Wildman–Crippen MR) is 124 cm³/mol. The number of fused-ring (bicyclic) bond motifs is 2. The van der Waals surface area contributed by atoms with Crippen LogP contribution >= 0.6 is 11.8 Å². The average molecular weight is 446 g/mol. The van der Waals surface area contributed by atoms with Gasteiger partial charge in [-0.3, -0.25) is 13.9 Å². The number of hydrogen-bond donors (Lipinski definition) is 1. The van der Waals surface area contributed by atoms with Gasteiger partial charge in [0.2, 0.25) is 0 Å². The molecule has 0 aliphatic carbocycles. The maximum Gasteiger partial charge on any atom is 0.328 e. The second kappa shape index (κ2) is 8.01. The molecular weight excluding hydrogens is 426 g/mol. The minimum absolute atomic E-state index is 0.122. The lowest BCUT2D eigenvalue weighted by Gasteiger charge is -2.06. The van der Waals surface area contributed by atoms with E-state index in [1.807, 2.05) is 30.3 Å². The van der Waals surface area contributed by atoms with E-state index in [9.17, 15) is 9.59 Å². The van der Waals surface area contributed by atoms with Crippen LogP contribution in [-0.4, -0.2) is 25.0 Å². The molecule has 0 saturated carbocycles. The van der Waals surface area contributed by atoms with E-state index in [0.29, 0.717) is 22.2 Å². The van der Waals surface area contributed by atoms with Gasteiger partial charge in [0.25, 0.3) is 5.91 Å². The topological polar surface area (TPSA) is 95.0 Å². The van der Waals surface area contributed by atoms with E-state index >= 15 is 0 Å². The number of imidazole rings is 1. The van der Waals surface area contributed by atoms with Crippen LogP contribution in [0, 0.1) is 0 Å². The van der Waals surface area contributed by atoms with E-state index in [0.717, 1.165) is 22.0 Å². The molecule has 3 aromatic heterocycles. The average Bonchev–Trinajstić information content (AvgIpc) is 3.29. The van der Waals surface area contributed by atoms with Crippen molar-refractivity contribution in [1.29, 1.82) is 0 Å². The highest BCUT2D eigenvalue weighted by atomic mass is 32.2. The zero-order valence-corrected chi connectivity index (χ0v) is 18.2. The van der Waals surface area contributed by atoms with Crippen LogP contribution in [0.3, 0.4) is 0 Å². The summed E-state index contributed by atoms with van der Waals surface area (Å²) in [5.41, 5.74) is 3.40. The first-order valence-electron chi connectivity index (χ1n) is 9.90. The van der Waals surface area contributed by atoms with Crippen molar-refractivity contribution >= 4 is 45.4 Å². The van der Waals surface area contributed by atoms with Crippen molar-refractivity contribution < 1.29 is 9.21 Å². The first-order valence-corrected chi connectivity index (χ1v) is 10.9. The van der Waals surface area contributed by atoms with Gasteiger partial charge in [0.05, 0.1) is 11.0 Å². The first-order chi connectivity index (χ1) is 15.5. The molecule has 160 valence electrons. The number of anilines is 1.